The van der Waals surface area contributed by atoms with Gasteiger partial charge >= 0.3 is 5.97 Å². The lowest BCUT2D eigenvalue weighted by molar-refractivity contribution is -0.159. The van der Waals surface area contributed by atoms with E-state index in [4.69, 9.17) is 9.47 Å². The Bertz CT molecular complexity index is 957. The third kappa shape index (κ3) is 3.70. The highest BCUT2D eigenvalue weighted by atomic mass is 16.5. The smallest absolute Gasteiger partial charge is 0.310 e. The maximum Gasteiger partial charge on any atom is 0.310 e. The summed E-state index contributed by atoms with van der Waals surface area (Å²) in [7, 11) is 3.96. The van der Waals surface area contributed by atoms with Gasteiger partial charge in [0, 0.05) is 48.8 Å². The van der Waals surface area contributed by atoms with Gasteiger partial charge in [0.1, 0.15) is 6.10 Å². The van der Waals surface area contributed by atoms with E-state index in [0.29, 0.717) is 24.1 Å². The molecule has 5 nitrogen and oxygen atoms in total. The maximum atomic E-state index is 13.1. The first-order chi connectivity index (χ1) is 15.0. The Hall–Kier alpha value is -1.85. The lowest BCUT2D eigenvalue weighted by Crippen LogP contribution is -2.50. The molecular weight excluding hydrogens is 388 g/mol. The first-order valence-electron chi connectivity index (χ1n) is 12.0. The van der Waals surface area contributed by atoms with Crippen molar-refractivity contribution in [2.75, 3.05) is 20.7 Å². The van der Waals surface area contributed by atoms with Crippen LogP contribution in [0.15, 0.2) is 24.4 Å². The molecule has 3 atom stereocenters. The van der Waals surface area contributed by atoms with Crippen LogP contribution in [0.3, 0.4) is 0 Å². The predicted octanol–water partition coefficient (Wildman–Crippen LogP) is 4.68. The Labute approximate surface area is 185 Å². The van der Waals surface area contributed by atoms with Gasteiger partial charge in [-0.25, -0.2) is 0 Å². The molecule has 2 aliphatic carbocycles. The summed E-state index contributed by atoms with van der Waals surface area (Å²) in [6.07, 6.45) is 8.52. The van der Waals surface area contributed by atoms with Gasteiger partial charge < -0.3 is 18.9 Å². The van der Waals surface area contributed by atoms with E-state index in [1.807, 2.05) is 0 Å². The van der Waals surface area contributed by atoms with Crippen LogP contribution in [0.1, 0.15) is 69.0 Å². The molecule has 1 aromatic heterocycles. The summed E-state index contributed by atoms with van der Waals surface area (Å²) in [6.45, 7) is 5.29. The summed E-state index contributed by atoms with van der Waals surface area (Å²) in [5.74, 6) is 0.346. The number of rotatable bonds is 4. The second-order valence-electron chi connectivity index (χ2n) is 10.2. The van der Waals surface area contributed by atoms with Gasteiger partial charge in [-0.1, -0.05) is 12.1 Å². The number of likely N-dealkylation sites (N-methyl/N-ethyl adjacent to an activating group) is 1. The molecule has 0 amide bonds. The largest absolute Gasteiger partial charge is 0.462 e. The van der Waals surface area contributed by atoms with Gasteiger partial charge in [0.2, 0.25) is 0 Å². The Balaban J connectivity index is 1.36. The number of piperidine rings is 1. The minimum absolute atomic E-state index is 0.00360. The Morgan fingerprint density at radius 1 is 1.13 bits per heavy atom. The van der Waals surface area contributed by atoms with Crippen molar-refractivity contribution in [3.05, 3.63) is 35.5 Å². The van der Waals surface area contributed by atoms with Crippen LogP contribution in [0.25, 0.3) is 10.9 Å². The molecule has 2 fully saturated rings. The summed E-state index contributed by atoms with van der Waals surface area (Å²) in [6, 6.07) is 7.64. The summed E-state index contributed by atoms with van der Waals surface area (Å²) in [5.41, 5.74) is 4.22. The lowest BCUT2D eigenvalue weighted by atomic mass is 9.72. The fourth-order valence-corrected chi connectivity index (χ4v) is 6.32. The van der Waals surface area contributed by atoms with E-state index in [2.05, 4.69) is 54.8 Å². The Morgan fingerprint density at radius 2 is 1.87 bits per heavy atom. The maximum absolute atomic E-state index is 13.1. The van der Waals surface area contributed by atoms with Crippen LogP contribution in [-0.4, -0.2) is 54.4 Å². The fraction of sp³-hybridized carbons (Fsp3) is 0.654. The summed E-state index contributed by atoms with van der Waals surface area (Å²) in [4.78, 5) is 15.5. The average molecular weight is 425 g/mol. The number of aromatic nitrogens is 1. The summed E-state index contributed by atoms with van der Waals surface area (Å²) >= 11 is 0. The number of carbonyl (C=O) groups is 1. The van der Waals surface area contributed by atoms with Crippen molar-refractivity contribution in [2.24, 2.45) is 5.92 Å². The third-order valence-corrected chi connectivity index (χ3v) is 8.00. The molecular formula is C26H36N2O3. The van der Waals surface area contributed by atoms with Crippen molar-refractivity contribution in [1.82, 2.24) is 9.47 Å². The van der Waals surface area contributed by atoms with E-state index >= 15 is 0 Å². The molecule has 3 aliphatic rings. The van der Waals surface area contributed by atoms with Crippen LogP contribution in [0.4, 0.5) is 0 Å². The fourth-order valence-electron chi connectivity index (χ4n) is 6.32. The number of fused-ring (bicyclic) bond motifs is 2. The number of carbonyl (C=O) groups excluding carboxylic acids is 1. The van der Waals surface area contributed by atoms with Crippen molar-refractivity contribution in [3.63, 3.8) is 0 Å². The molecule has 0 unspecified atom stereocenters. The van der Waals surface area contributed by atoms with Crippen LogP contribution in [0, 0.1) is 5.92 Å². The highest BCUT2D eigenvalue weighted by Crippen LogP contribution is 2.45. The van der Waals surface area contributed by atoms with Crippen LogP contribution < -0.4 is 0 Å². The minimum Gasteiger partial charge on any atom is -0.462 e. The average Bonchev–Trinajstić information content (AvgIpc) is 3.15. The summed E-state index contributed by atoms with van der Waals surface area (Å²) in [5, 5.41) is 1.43. The summed E-state index contributed by atoms with van der Waals surface area (Å²) < 4.78 is 13.9. The van der Waals surface area contributed by atoms with Crippen molar-refractivity contribution in [2.45, 2.75) is 82.6 Å². The van der Waals surface area contributed by atoms with Crippen LogP contribution in [0.2, 0.25) is 0 Å². The highest BCUT2D eigenvalue weighted by molar-refractivity contribution is 5.89. The zero-order valence-electron chi connectivity index (χ0n) is 19.3. The molecule has 168 valence electrons. The molecule has 1 aromatic carbocycles. The normalized spacial score (nSPS) is 31.1. The molecule has 0 spiro atoms. The standard InChI is InChI=1S/C26H36N2O3/c1-16(2)28-15-17-13-24-22(21-6-5-7-23(28)25(17)21)12-18(14-27(24)3)26(29)31-20-10-8-19(30-4)9-11-20/h5-7,15-16,18-20,22,24H,8-14H2,1-4H3/t18-,19?,20?,22-,24-/m1/s1. The van der Waals surface area contributed by atoms with Crippen molar-refractivity contribution in [1.29, 1.82) is 0 Å². The second kappa shape index (κ2) is 8.25. The zero-order valence-corrected chi connectivity index (χ0v) is 19.3. The zero-order chi connectivity index (χ0) is 21.7. The molecule has 0 bridgehead atoms. The Morgan fingerprint density at radius 3 is 2.58 bits per heavy atom. The molecule has 0 N–H and O–H groups in total. The molecule has 1 saturated heterocycles. The van der Waals surface area contributed by atoms with Gasteiger partial charge in [0.25, 0.3) is 0 Å². The molecule has 1 aliphatic heterocycles. The number of hydrogen-bond donors (Lipinski definition) is 0. The Kier molecular flexibility index (Phi) is 5.59. The monoisotopic (exact) mass is 424 g/mol. The van der Waals surface area contributed by atoms with Crippen LogP contribution >= 0.6 is 0 Å². The van der Waals surface area contributed by atoms with E-state index in [9.17, 15) is 4.79 Å². The van der Waals surface area contributed by atoms with Crippen molar-refractivity contribution in [3.8, 4) is 0 Å². The second-order valence-corrected chi connectivity index (χ2v) is 10.2. The minimum atomic E-state index is -0.0459. The van der Waals surface area contributed by atoms with E-state index in [-0.39, 0.29) is 18.0 Å². The number of likely N-dealkylation sites (tertiary alicyclic amines) is 1. The van der Waals surface area contributed by atoms with Crippen molar-refractivity contribution < 1.29 is 14.3 Å². The number of esters is 1. The van der Waals surface area contributed by atoms with Gasteiger partial charge in [-0.05, 0) is 76.6 Å². The number of benzene rings is 1. The molecule has 1 saturated carbocycles. The molecule has 5 heteroatoms. The van der Waals surface area contributed by atoms with E-state index in [0.717, 1.165) is 45.1 Å². The van der Waals surface area contributed by atoms with E-state index in [1.165, 1.54) is 22.0 Å². The predicted molar refractivity (Wildman–Crippen MR) is 122 cm³/mol. The lowest BCUT2D eigenvalue weighted by Gasteiger charge is -2.45. The SMILES string of the molecule is COC1CCC(OC(=O)[C@@H]2C[C@@H]3c4cccc5c4c(cn5C(C)C)C[C@H]3N(C)C2)CC1. The van der Waals surface area contributed by atoms with Crippen molar-refractivity contribution >= 4 is 16.9 Å². The molecule has 0 radical (unpaired) electrons. The third-order valence-electron chi connectivity index (χ3n) is 8.00. The van der Waals surface area contributed by atoms with Gasteiger partial charge in [0.15, 0.2) is 0 Å². The topological polar surface area (TPSA) is 43.7 Å². The molecule has 31 heavy (non-hydrogen) atoms. The van der Waals surface area contributed by atoms with Gasteiger partial charge in [-0.3, -0.25) is 4.79 Å². The number of hydrogen-bond acceptors (Lipinski definition) is 4. The quantitative estimate of drug-likeness (QED) is 0.669. The van der Waals surface area contributed by atoms with Gasteiger partial charge in [-0.15, -0.1) is 0 Å². The first kappa shape index (κ1) is 21.0. The number of nitrogens with zero attached hydrogens (tertiary/aromatic N) is 2. The number of ether oxygens (including phenoxy) is 2. The van der Waals surface area contributed by atoms with Crippen LogP contribution in [0.5, 0.6) is 0 Å². The van der Waals surface area contributed by atoms with E-state index in [1.54, 1.807) is 7.11 Å². The number of methoxy groups -OCH3 is 1. The van der Waals surface area contributed by atoms with Gasteiger partial charge in [-0.2, -0.15) is 0 Å². The molecule has 2 heterocycles. The van der Waals surface area contributed by atoms with Crippen LogP contribution in [-0.2, 0) is 20.7 Å². The molecule has 2 aromatic rings. The molecule has 5 rings (SSSR count). The van der Waals surface area contributed by atoms with E-state index < -0.39 is 0 Å². The highest BCUT2D eigenvalue weighted by Gasteiger charge is 2.42. The first-order valence-corrected chi connectivity index (χ1v) is 12.0. The van der Waals surface area contributed by atoms with Gasteiger partial charge in [0.05, 0.1) is 12.0 Å².